The van der Waals surface area contributed by atoms with Crippen LogP contribution in [0.4, 0.5) is 0 Å². The molecule has 0 radical (unpaired) electrons. The van der Waals surface area contributed by atoms with Gasteiger partial charge in [-0.05, 0) is 66.9 Å². The number of carbonyl (C=O) groups is 1. The Labute approximate surface area is 185 Å². The van der Waals surface area contributed by atoms with Crippen molar-refractivity contribution in [2.75, 3.05) is 0 Å². The van der Waals surface area contributed by atoms with Gasteiger partial charge in [0.15, 0.2) is 4.77 Å². The summed E-state index contributed by atoms with van der Waals surface area (Å²) in [6, 6.07) is 12.6. The quantitative estimate of drug-likeness (QED) is 0.555. The van der Waals surface area contributed by atoms with E-state index in [1.54, 1.807) is 30.3 Å². The van der Waals surface area contributed by atoms with Gasteiger partial charge in [0.1, 0.15) is 0 Å². The molecule has 1 amide bonds. The van der Waals surface area contributed by atoms with Crippen LogP contribution in [0.15, 0.2) is 47.3 Å². The summed E-state index contributed by atoms with van der Waals surface area (Å²) in [4.78, 5) is 28.9. The Morgan fingerprint density at radius 3 is 2.67 bits per heavy atom. The van der Waals surface area contributed by atoms with Crippen LogP contribution in [0.2, 0.25) is 5.02 Å². The molecule has 0 bridgehead atoms. The fraction of sp³-hybridized carbons (Fsp3) is 0.348. The first-order chi connectivity index (χ1) is 14.4. The zero-order chi connectivity index (χ0) is 21.3. The highest BCUT2D eigenvalue weighted by atomic mass is 35.5. The number of H-pyrrole nitrogens is 1. The molecule has 30 heavy (non-hydrogen) atoms. The maximum Gasteiger partial charge on any atom is 0.262 e. The van der Waals surface area contributed by atoms with E-state index in [4.69, 9.17) is 23.8 Å². The van der Waals surface area contributed by atoms with Gasteiger partial charge in [0.2, 0.25) is 0 Å². The minimum absolute atomic E-state index is 0.111. The van der Waals surface area contributed by atoms with Gasteiger partial charge >= 0.3 is 0 Å². The summed E-state index contributed by atoms with van der Waals surface area (Å²) in [7, 11) is 0. The van der Waals surface area contributed by atoms with Crippen molar-refractivity contribution in [1.82, 2.24) is 14.9 Å². The predicted octanol–water partition coefficient (Wildman–Crippen LogP) is 5.07. The standard InChI is InChI=1S/C23H24ClN3O2S/c1-14-4-2-3-5-19(14)25-21(28)16-8-11-18-20(12-16)26-23(30)27(22(18)29)13-15-6-9-17(24)10-7-15/h6-12,14,19H,2-5,13H2,1H3,(H,25,28)(H,26,30)/t14-,19+/m1/s1. The van der Waals surface area contributed by atoms with Crippen molar-refractivity contribution >= 4 is 40.6 Å². The molecule has 2 atom stereocenters. The molecule has 5 nitrogen and oxygen atoms in total. The van der Waals surface area contributed by atoms with Crippen molar-refractivity contribution in [3.8, 4) is 0 Å². The van der Waals surface area contributed by atoms with Gasteiger partial charge in [0.05, 0.1) is 17.4 Å². The van der Waals surface area contributed by atoms with Crippen LogP contribution in [0.5, 0.6) is 0 Å². The van der Waals surface area contributed by atoms with Crippen molar-refractivity contribution in [2.45, 2.75) is 45.2 Å². The van der Waals surface area contributed by atoms with Gasteiger partial charge in [-0.2, -0.15) is 0 Å². The average molecular weight is 442 g/mol. The Hall–Kier alpha value is -2.44. The van der Waals surface area contributed by atoms with Crippen LogP contribution in [0, 0.1) is 10.7 Å². The number of hydrogen-bond acceptors (Lipinski definition) is 3. The summed E-state index contributed by atoms with van der Waals surface area (Å²) < 4.78 is 1.84. The SMILES string of the molecule is C[C@@H]1CCCC[C@@H]1NC(=O)c1ccc2c(=O)n(Cc3ccc(Cl)cc3)c(=S)[nH]c2c1. The molecule has 1 fully saturated rings. The molecule has 0 saturated heterocycles. The van der Waals surface area contributed by atoms with E-state index in [1.165, 1.54) is 11.0 Å². The highest BCUT2D eigenvalue weighted by molar-refractivity contribution is 7.71. The minimum Gasteiger partial charge on any atom is -0.349 e. The number of aromatic nitrogens is 2. The average Bonchev–Trinajstić information content (AvgIpc) is 2.73. The molecule has 1 aromatic heterocycles. The second kappa shape index (κ2) is 8.74. The molecule has 1 saturated carbocycles. The number of nitrogens with one attached hydrogen (secondary N) is 2. The fourth-order valence-corrected chi connectivity index (χ4v) is 4.48. The molecule has 1 aliphatic rings. The maximum atomic E-state index is 13.0. The molecule has 1 heterocycles. The summed E-state index contributed by atoms with van der Waals surface area (Å²) in [5, 5.41) is 4.30. The van der Waals surface area contributed by atoms with E-state index in [9.17, 15) is 9.59 Å². The van der Waals surface area contributed by atoms with Crippen molar-refractivity contribution in [2.24, 2.45) is 5.92 Å². The van der Waals surface area contributed by atoms with Crippen LogP contribution in [-0.4, -0.2) is 21.5 Å². The lowest BCUT2D eigenvalue weighted by molar-refractivity contribution is 0.0910. The number of rotatable bonds is 4. The first-order valence-corrected chi connectivity index (χ1v) is 11.0. The molecule has 3 aromatic rings. The molecule has 0 aliphatic heterocycles. The van der Waals surface area contributed by atoms with Crippen LogP contribution in [0.25, 0.3) is 10.9 Å². The fourth-order valence-electron chi connectivity index (χ4n) is 4.09. The van der Waals surface area contributed by atoms with Crippen LogP contribution >= 0.6 is 23.8 Å². The summed E-state index contributed by atoms with van der Waals surface area (Å²) >= 11 is 11.4. The lowest BCUT2D eigenvalue weighted by Crippen LogP contribution is -2.41. The van der Waals surface area contributed by atoms with Crippen molar-refractivity contribution in [1.29, 1.82) is 0 Å². The highest BCUT2D eigenvalue weighted by Crippen LogP contribution is 2.24. The van der Waals surface area contributed by atoms with Crippen LogP contribution in [0.3, 0.4) is 0 Å². The van der Waals surface area contributed by atoms with Crippen LogP contribution < -0.4 is 10.9 Å². The third kappa shape index (κ3) is 4.35. The van der Waals surface area contributed by atoms with Gasteiger partial charge in [-0.25, -0.2) is 0 Å². The van der Waals surface area contributed by atoms with Gasteiger partial charge in [-0.3, -0.25) is 14.2 Å². The summed E-state index contributed by atoms with van der Waals surface area (Å²) in [6.07, 6.45) is 4.52. The highest BCUT2D eigenvalue weighted by Gasteiger charge is 2.23. The third-order valence-corrected chi connectivity index (χ3v) is 6.50. The number of halogens is 1. The molecule has 0 unspecified atom stereocenters. The van der Waals surface area contributed by atoms with Gasteiger partial charge < -0.3 is 10.3 Å². The Morgan fingerprint density at radius 2 is 1.93 bits per heavy atom. The molecular weight excluding hydrogens is 418 g/mol. The number of nitrogens with zero attached hydrogens (tertiary/aromatic N) is 1. The van der Waals surface area contributed by atoms with E-state index in [0.29, 0.717) is 38.7 Å². The molecule has 0 spiro atoms. The first-order valence-electron chi connectivity index (χ1n) is 10.2. The molecule has 1 aliphatic carbocycles. The smallest absolute Gasteiger partial charge is 0.262 e. The van der Waals surface area contributed by atoms with Crippen molar-refractivity contribution < 1.29 is 4.79 Å². The number of hydrogen-bond donors (Lipinski definition) is 2. The van der Waals surface area contributed by atoms with Gasteiger partial charge in [-0.1, -0.05) is 43.5 Å². The van der Waals surface area contributed by atoms with E-state index in [1.807, 2.05) is 12.1 Å². The molecule has 7 heteroatoms. The van der Waals surface area contributed by atoms with Crippen LogP contribution in [0.1, 0.15) is 48.5 Å². The lowest BCUT2D eigenvalue weighted by atomic mass is 9.86. The summed E-state index contributed by atoms with van der Waals surface area (Å²) in [6.45, 7) is 2.54. The van der Waals surface area contributed by atoms with Gasteiger partial charge in [-0.15, -0.1) is 0 Å². The number of benzene rings is 2. The van der Waals surface area contributed by atoms with E-state index < -0.39 is 0 Å². The number of fused-ring (bicyclic) bond motifs is 1. The Kier molecular flexibility index (Phi) is 6.06. The maximum absolute atomic E-state index is 13.0. The number of carbonyl (C=O) groups excluding carboxylic acids is 1. The van der Waals surface area contributed by atoms with Crippen molar-refractivity contribution in [3.63, 3.8) is 0 Å². The monoisotopic (exact) mass is 441 g/mol. The zero-order valence-corrected chi connectivity index (χ0v) is 18.4. The largest absolute Gasteiger partial charge is 0.349 e. The van der Waals surface area contributed by atoms with E-state index in [2.05, 4.69) is 17.2 Å². The Balaban J connectivity index is 1.62. The second-order valence-electron chi connectivity index (χ2n) is 8.05. The molecular formula is C23H24ClN3O2S. The first kappa shape index (κ1) is 20.8. The molecule has 2 aromatic carbocycles. The van der Waals surface area contributed by atoms with E-state index >= 15 is 0 Å². The molecule has 2 N–H and O–H groups in total. The molecule has 4 rings (SSSR count). The minimum atomic E-state index is -0.184. The third-order valence-electron chi connectivity index (χ3n) is 5.93. The van der Waals surface area contributed by atoms with Gasteiger partial charge in [0, 0.05) is 16.6 Å². The lowest BCUT2D eigenvalue weighted by Gasteiger charge is -2.29. The van der Waals surface area contributed by atoms with E-state index in [-0.39, 0.29) is 17.5 Å². The van der Waals surface area contributed by atoms with Crippen molar-refractivity contribution in [3.05, 3.63) is 73.7 Å². The summed E-state index contributed by atoms with van der Waals surface area (Å²) in [5.41, 5.74) is 1.84. The second-order valence-corrected chi connectivity index (χ2v) is 8.87. The zero-order valence-electron chi connectivity index (χ0n) is 16.8. The number of aromatic amines is 1. The summed E-state index contributed by atoms with van der Waals surface area (Å²) in [5.74, 6) is 0.370. The topological polar surface area (TPSA) is 66.9 Å². The van der Waals surface area contributed by atoms with Gasteiger partial charge in [0.25, 0.3) is 11.5 Å². The van der Waals surface area contributed by atoms with Crippen LogP contribution in [-0.2, 0) is 6.54 Å². The molecule has 156 valence electrons. The Bertz CT molecular complexity index is 1200. The normalized spacial score (nSPS) is 19.0. The van der Waals surface area contributed by atoms with E-state index in [0.717, 1.165) is 24.8 Å². The Morgan fingerprint density at radius 1 is 1.20 bits per heavy atom. The number of amides is 1. The predicted molar refractivity (Wildman–Crippen MR) is 123 cm³/mol.